The molecule has 1 aliphatic rings. The third-order valence-electron chi connectivity index (χ3n) is 4.68. The largest absolute Gasteiger partial charge is 0.472 e. The van der Waals surface area contributed by atoms with Gasteiger partial charge in [0.25, 0.3) is 11.8 Å². The van der Waals surface area contributed by atoms with Crippen LogP contribution < -0.4 is 16.0 Å². The smallest absolute Gasteiger partial charge is 0.261 e. The Morgan fingerprint density at radius 2 is 1.78 bits per heavy atom. The first-order chi connectivity index (χ1) is 13.0. The summed E-state index contributed by atoms with van der Waals surface area (Å²) in [6, 6.07) is 4.71. The van der Waals surface area contributed by atoms with Gasteiger partial charge >= 0.3 is 0 Å². The number of nitrogens with one attached hydrogen (secondary N) is 3. The van der Waals surface area contributed by atoms with Crippen molar-refractivity contribution in [1.29, 1.82) is 0 Å². The molecule has 0 aromatic carbocycles. The second-order valence-electron chi connectivity index (χ2n) is 6.72. The predicted octanol–water partition coefficient (Wildman–Crippen LogP) is 2.32. The number of hydrogen-bond acceptors (Lipinski definition) is 5. The fraction of sp³-hybridized carbons (Fsp3) is 0.421. The van der Waals surface area contributed by atoms with Gasteiger partial charge in [0.15, 0.2) is 0 Å². The average Bonchev–Trinajstić information content (AvgIpc) is 3.37. The lowest BCUT2D eigenvalue weighted by Gasteiger charge is -2.30. The van der Waals surface area contributed by atoms with Crippen LogP contribution in [0.5, 0.6) is 0 Å². The molecule has 1 fully saturated rings. The highest BCUT2D eigenvalue weighted by atomic mass is 32.1. The Labute approximate surface area is 161 Å². The average molecular weight is 389 g/mol. The molecular weight excluding hydrogens is 366 g/mol. The Bertz CT molecular complexity index is 765. The highest BCUT2D eigenvalue weighted by Gasteiger charge is 2.26. The highest BCUT2D eigenvalue weighted by Crippen LogP contribution is 2.19. The first-order valence-electron chi connectivity index (χ1n) is 9.00. The van der Waals surface area contributed by atoms with Gasteiger partial charge in [0.05, 0.1) is 16.7 Å². The van der Waals surface area contributed by atoms with Crippen LogP contribution in [0.25, 0.3) is 0 Å². The number of furan rings is 1. The molecule has 3 N–H and O–H groups in total. The molecule has 8 heteroatoms. The van der Waals surface area contributed by atoms with Crippen molar-refractivity contribution < 1.29 is 18.8 Å². The van der Waals surface area contributed by atoms with Crippen LogP contribution in [-0.2, 0) is 4.79 Å². The van der Waals surface area contributed by atoms with E-state index in [-0.39, 0.29) is 29.8 Å². The minimum absolute atomic E-state index is 0.0562. The van der Waals surface area contributed by atoms with Gasteiger partial charge in [-0.05, 0) is 50.1 Å². The van der Waals surface area contributed by atoms with E-state index in [9.17, 15) is 14.4 Å². The van der Waals surface area contributed by atoms with Gasteiger partial charge in [-0.2, -0.15) is 0 Å². The van der Waals surface area contributed by atoms with Crippen molar-refractivity contribution in [3.8, 4) is 0 Å². The van der Waals surface area contributed by atoms with E-state index in [2.05, 4.69) is 16.0 Å². The zero-order valence-electron chi connectivity index (χ0n) is 15.1. The maximum absolute atomic E-state index is 12.3. The summed E-state index contributed by atoms with van der Waals surface area (Å²) in [6.07, 6.45) is 6.06. The molecule has 1 aliphatic carbocycles. The first-order valence-corrected chi connectivity index (χ1v) is 9.88. The Morgan fingerprint density at radius 3 is 2.37 bits per heavy atom. The van der Waals surface area contributed by atoms with E-state index in [1.807, 2.05) is 5.38 Å². The molecule has 2 heterocycles. The van der Waals surface area contributed by atoms with Gasteiger partial charge in [-0.1, -0.05) is 6.07 Å². The van der Waals surface area contributed by atoms with E-state index >= 15 is 0 Å². The molecular formula is C19H23N3O4S. The van der Waals surface area contributed by atoms with Crippen LogP contribution in [0, 0.1) is 0 Å². The molecule has 2 aromatic rings. The molecule has 2 aromatic heterocycles. The Hall–Kier alpha value is -2.61. The topological polar surface area (TPSA) is 100 Å². The summed E-state index contributed by atoms with van der Waals surface area (Å²) in [7, 11) is 0. The van der Waals surface area contributed by atoms with Crippen LogP contribution in [0.4, 0.5) is 0 Å². The van der Waals surface area contributed by atoms with E-state index in [1.54, 1.807) is 25.1 Å². The molecule has 3 amide bonds. The molecule has 1 atom stereocenters. The molecule has 0 bridgehead atoms. The number of carbonyl (C=O) groups excluding carboxylic acids is 3. The van der Waals surface area contributed by atoms with Crippen LogP contribution in [-0.4, -0.2) is 35.8 Å². The summed E-state index contributed by atoms with van der Waals surface area (Å²) < 4.78 is 4.92. The number of amides is 3. The van der Waals surface area contributed by atoms with E-state index in [0.29, 0.717) is 10.4 Å². The van der Waals surface area contributed by atoms with Crippen molar-refractivity contribution in [1.82, 2.24) is 16.0 Å². The molecule has 7 nitrogen and oxygen atoms in total. The van der Waals surface area contributed by atoms with Crippen LogP contribution in [0.2, 0.25) is 0 Å². The fourth-order valence-electron chi connectivity index (χ4n) is 3.11. The van der Waals surface area contributed by atoms with Gasteiger partial charge in [-0.15, -0.1) is 11.3 Å². The van der Waals surface area contributed by atoms with Crippen LogP contribution in [0.1, 0.15) is 52.6 Å². The second kappa shape index (κ2) is 8.85. The van der Waals surface area contributed by atoms with Gasteiger partial charge in [0.2, 0.25) is 5.91 Å². The van der Waals surface area contributed by atoms with E-state index in [0.717, 1.165) is 25.7 Å². The lowest BCUT2D eigenvalue weighted by atomic mass is 9.91. The van der Waals surface area contributed by atoms with Crippen LogP contribution in [0.15, 0.2) is 40.5 Å². The number of hydrogen-bond donors (Lipinski definition) is 3. The summed E-state index contributed by atoms with van der Waals surface area (Å²) >= 11 is 1.34. The quantitative estimate of drug-likeness (QED) is 0.706. The van der Waals surface area contributed by atoms with E-state index in [1.165, 1.54) is 23.9 Å². The maximum Gasteiger partial charge on any atom is 0.261 e. The van der Waals surface area contributed by atoms with Crippen molar-refractivity contribution in [2.24, 2.45) is 0 Å². The van der Waals surface area contributed by atoms with Gasteiger partial charge in [0, 0.05) is 12.1 Å². The molecule has 144 valence electrons. The molecule has 0 radical (unpaired) electrons. The second-order valence-corrected chi connectivity index (χ2v) is 7.66. The van der Waals surface area contributed by atoms with Gasteiger partial charge in [-0.3, -0.25) is 14.4 Å². The van der Waals surface area contributed by atoms with Crippen molar-refractivity contribution in [2.45, 2.75) is 50.7 Å². The van der Waals surface area contributed by atoms with E-state index < -0.39 is 6.04 Å². The number of carbonyl (C=O) groups is 3. The monoisotopic (exact) mass is 389 g/mol. The maximum atomic E-state index is 12.3. The number of thiophene rings is 1. The highest BCUT2D eigenvalue weighted by molar-refractivity contribution is 7.12. The minimum atomic E-state index is -0.599. The Balaban J connectivity index is 1.40. The molecule has 27 heavy (non-hydrogen) atoms. The standard InChI is InChI=1S/C19H23N3O4S/c1-12(20-19(25)16-3-2-10-27-16)17(23)21-14-4-6-15(7-5-14)22-18(24)13-8-9-26-11-13/h2-3,8-12,14-15H,4-7H2,1H3,(H,20,25)(H,21,23)(H,22,24). The molecule has 0 saturated heterocycles. The van der Waals surface area contributed by atoms with Crippen molar-refractivity contribution in [3.63, 3.8) is 0 Å². The molecule has 1 unspecified atom stereocenters. The van der Waals surface area contributed by atoms with Gasteiger partial charge in [-0.25, -0.2) is 0 Å². The van der Waals surface area contributed by atoms with Crippen LogP contribution >= 0.6 is 11.3 Å². The molecule has 0 spiro atoms. The lowest BCUT2D eigenvalue weighted by molar-refractivity contribution is -0.123. The van der Waals surface area contributed by atoms with Gasteiger partial charge in [0.1, 0.15) is 12.3 Å². The summed E-state index contributed by atoms with van der Waals surface area (Å²) in [4.78, 5) is 37.0. The van der Waals surface area contributed by atoms with E-state index in [4.69, 9.17) is 4.42 Å². The zero-order chi connectivity index (χ0) is 19.2. The molecule has 3 rings (SSSR count). The first kappa shape index (κ1) is 19.2. The Kier molecular flexibility index (Phi) is 6.28. The van der Waals surface area contributed by atoms with Crippen molar-refractivity contribution >= 4 is 29.1 Å². The SMILES string of the molecule is CC(NC(=O)c1cccs1)C(=O)NC1CCC(NC(=O)c2ccoc2)CC1. The van der Waals surface area contributed by atoms with Crippen LogP contribution in [0.3, 0.4) is 0 Å². The summed E-state index contributed by atoms with van der Waals surface area (Å²) in [6.45, 7) is 1.68. The van der Waals surface area contributed by atoms with Gasteiger partial charge < -0.3 is 20.4 Å². The fourth-order valence-corrected chi connectivity index (χ4v) is 3.74. The predicted molar refractivity (Wildman–Crippen MR) is 102 cm³/mol. The minimum Gasteiger partial charge on any atom is -0.472 e. The third-order valence-corrected chi connectivity index (χ3v) is 5.55. The summed E-state index contributed by atoms with van der Waals surface area (Å²) in [5.41, 5.74) is 0.515. The molecule has 1 saturated carbocycles. The summed E-state index contributed by atoms with van der Waals surface area (Å²) in [5, 5.41) is 10.5. The lowest BCUT2D eigenvalue weighted by Crippen LogP contribution is -2.50. The summed E-state index contributed by atoms with van der Waals surface area (Å²) in [5.74, 6) is -0.565. The normalized spacial score (nSPS) is 20.5. The Morgan fingerprint density at radius 1 is 1.07 bits per heavy atom. The molecule has 0 aliphatic heterocycles. The van der Waals surface area contributed by atoms with Crippen molar-refractivity contribution in [3.05, 3.63) is 46.5 Å². The van der Waals surface area contributed by atoms with Crippen molar-refractivity contribution in [2.75, 3.05) is 0 Å². The number of rotatable bonds is 6. The third kappa shape index (κ3) is 5.19. The zero-order valence-corrected chi connectivity index (χ0v) is 15.9.